The van der Waals surface area contributed by atoms with E-state index in [1.54, 1.807) is 0 Å². The Morgan fingerprint density at radius 3 is 2.35 bits per heavy atom. The van der Waals surface area contributed by atoms with Crippen molar-refractivity contribution in [1.29, 1.82) is 0 Å². The number of benzene rings is 1. The van der Waals surface area contributed by atoms with Gasteiger partial charge in [-0.2, -0.15) is 0 Å². The molecule has 0 saturated heterocycles. The van der Waals surface area contributed by atoms with Gasteiger partial charge in [-0.15, -0.1) is 11.3 Å². The lowest BCUT2D eigenvalue weighted by atomic mass is 10.0. The highest BCUT2D eigenvalue weighted by molar-refractivity contribution is 7.20. The van der Waals surface area contributed by atoms with E-state index in [0.717, 1.165) is 23.5 Å². The molecule has 2 aromatic rings. The van der Waals surface area contributed by atoms with Crippen LogP contribution in [0.1, 0.15) is 17.2 Å². The molecule has 0 fully saturated rings. The first kappa shape index (κ1) is 12.8. The highest BCUT2D eigenvalue weighted by Crippen LogP contribution is 2.37. The molecule has 0 spiro atoms. The van der Waals surface area contributed by atoms with Crippen LogP contribution < -0.4 is 0 Å². The molecule has 0 amide bonds. The van der Waals surface area contributed by atoms with Gasteiger partial charge in [0.25, 0.3) is 0 Å². The van der Waals surface area contributed by atoms with Gasteiger partial charge in [0.1, 0.15) is 10.4 Å². The lowest BCUT2D eigenvalue weighted by Crippen LogP contribution is -2.00. The van der Waals surface area contributed by atoms with Crippen LogP contribution in [0.25, 0.3) is 0 Å². The van der Waals surface area contributed by atoms with Gasteiger partial charge in [0, 0.05) is 5.56 Å². The minimum absolute atomic E-state index is 0.222. The maximum Gasteiger partial charge on any atom is 0.159 e. The molecule has 90 valence electrons. The van der Waals surface area contributed by atoms with E-state index >= 15 is 0 Å². The summed E-state index contributed by atoms with van der Waals surface area (Å²) in [5.41, 5.74) is 0.605. The molecule has 1 N–H and O–H groups in total. The Balaban J connectivity index is 2.40. The van der Waals surface area contributed by atoms with E-state index in [-0.39, 0.29) is 5.56 Å². The van der Waals surface area contributed by atoms with Gasteiger partial charge in [0.15, 0.2) is 11.6 Å². The zero-order chi connectivity index (χ0) is 12.6. The third-order valence-electron chi connectivity index (χ3n) is 2.24. The van der Waals surface area contributed by atoms with Crippen molar-refractivity contribution >= 4 is 34.5 Å². The normalized spacial score (nSPS) is 12.8. The average Bonchev–Trinajstić information content (AvgIpc) is 2.61. The van der Waals surface area contributed by atoms with Crippen LogP contribution in [0.2, 0.25) is 8.67 Å². The van der Waals surface area contributed by atoms with Crippen LogP contribution >= 0.6 is 34.5 Å². The van der Waals surface area contributed by atoms with Gasteiger partial charge in [0.05, 0.1) is 4.34 Å². The summed E-state index contributed by atoms with van der Waals surface area (Å²) < 4.78 is 26.5. The van der Waals surface area contributed by atoms with Crippen LogP contribution in [0.5, 0.6) is 0 Å². The van der Waals surface area contributed by atoms with Gasteiger partial charge in [-0.1, -0.05) is 29.3 Å². The van der Waals surface area contributed by atoms with Crippen molar-refractivity contribution in [3.05, 3.63) is 55.7 Å². The molecule has 1 aromatic carbocycles. The SMILES string of the molecule is OC(c1ccc(F)c(F)c1)c1cc(Cl)sc1Cl. The lowest BCUT2D eigenvalue weighted by molar-refractivity contribution is 0.220. The number of hydrogen-bond acceptors (Lipinski definition) is 2. The average molecular weight is 295 g/mol. The topological polar surface area (TPSA) is 20.2 Å². The minimum atomic E-state index is -1.12. The zero-order valence-electron chi connectivity index (χ0n) is 8.25. The molecular formula is C11H6Cl2F2OS. The highest BCUT2D eigenvalue weighted by Gasteiger charge is 2.18. The van der Waals surface area contributed by atoms with E-state index in [4.69, 9.17) is 23.2 Å². The second kappa shape index (κ2) is 4.90. The first-order valence-corrected chi connectivity index (χ1v) is 6.14. The third-order valence-corrected chi connectivity index (χ3v) is 3.76. The van der Waals surface area contributed by atoms with E-state index < -0.39 is 17.7 Å². The molecule has 1 nitrogen and oxygen atoms in total. The minimum Gasteiger partial charge on any atom is -0.384 e. The number of halogens is 4. The molecule has 0 saturated carbocycles. The predicted molar refractivity (Wildman–Crippen MR) is 64.8 cm³/mol. The number of thiophene rings is 1. The first-order chi connectivity index (χ1) is 7.99. The summed E-state index contributed by atoms with van der Waals surface area (Å²) in [7, 11) is 0. The second-order valence-electron chi connectivity index (χ2n) is 3.36. The molecule has 1 aromatic heterocycles. The van der Waals surface area contributed by atoms with Crippen LogP contribution in [0, 0.1) is 11.6 Å². The molecule has 0 aliphatic rings. The highest BCUT2D eigenvalue weighted by atomic mass is 35.5. The maximum absolute atomic E-state index is 13.0. The Labute approximate surface area is 110 Å². The van der Waals surface area contributed by atoms with Crippen molar-refractivity contribution in [2.45, 2.75) is 6.10 Å². The molecule has 0 aliphatic carbocycles. The fraction of sp³-hybridized carbons (Fsp3) is 0.0909. The zero-order valence-corrected chi connectivity index (χ0v) is 10.6. The molecule has 1 unspecified atom stereocenters. The molecular weight excluding hydrogens is 289 g/mol. The van der Waals surface area contributed by atoms with Gasteiger partial charge in [-0.3, -0.25) is 0 Å². The lowest BCUT2D eigenvalue weighted by Gasteiger charge is -2.10. The van der Waals surface area contributed by atoms with Crippen molar-refractivity contribution in [2.24, 2.45) is 0 Å². The van der Waals surface area contributed by atoms with Crippen LogP contribution in [-0.2, 0) is 0 Å². The van der Waals surface area contributed by atoms with Crippen molar-refractivity contribution in [3.8, 4) is 0 Å². The monoisotopic (exact) mass is 294 g/mol. The first-order valence-electron chi connectivity index (χ1n) is 4.57. The standard InChI is InChI=1S/C11H6Cl2F2OS/c12-9-4-6(11(13)17-9)10(16)5-1-2-7(14)8(15)3-5/h1-4,10,16H. The van der Waals surface area contributed by atoms with Crippen molar-refractivity contribution in [3.63, 3.8) is 0 Å². The number of hydrogen-bond donors (Lipinski definition) is 1. The maximum atomic E-state index is 13.0. The summed E-state index contributed by atoms with van der Waals surface area (Å²) in [6, 6.07) is 4.68. The molecule has 0 radical (unpaired) electrons. The summed E-state index contributed by atoms with van der Waals surface area (Å²) in [6.45, 7) is 0. The van der Waals surface area contributed by atoms with Crippen LogP contribution in [0.3, 0.4) is 0 Å². The molecule has 6 heteroatoms. The van der Waals surface area contributed by atoms with Crippen LogP contribution in [-0.4, -0.2) is 5.11 Å². The summed E-state index contributed by atoms with van der Waals surface area (Å²) in [4.78, 5) is 0. The quantitative estimate of drug-likeness (QED) is 0.869. The summed E-state index contributed by atoms with van der Waals surface area (Å²) in [6.07, 6.45) is -1.12. The molecule has 1 heterocycles. The fourth-order valence-electron chi connectivity index (χ4n) is 1.40. The van der Waals surface area contributed by atoms with E-state index in [0.29, 0.717) is 14.2 Å². The summed E-state index contributed by atoms with van der Waals surface area (Å²) >= 11 is 12.7. The number of aliphatic hydroxyl groups excluding tert-OH is 1. The van der Waals surface area contributed by atoms with E-state index in [1.165, 1.54) is 12.1 Å². The summed E-state index contributed by atoms with van der Waals surface area (Å²) in [5, 5.41) is 9.98. The molecule has 17 heavy (non-hydrogen) atoms. The Kier molecular flexibility index (Phi) is 3.68. The molecule has 0 bridgehead atoms. The van der Waals surface area contributed by atoms with Crippen molar-refractivity contribution in [2.75, 3.05) is 0 Å². The Morgan fingerprint density at radius 1 is 1.12 bits per heavy atom. The Hall–Kier alpha value is -0.680. The van der Waals surface area contributed by atoms with Gasteiger partial charge < -0.3 is 5.11 Å². The smallest absolute Gasteiger partial charge is 0.159 e. The van der Waals surface area contributed by atoms with Gasteiger partial charge in [-0.05, 0) is 23.8 Å². The largest absolute Gasteiger partial charge is 0.384 e. The summed E-state index contributed by atoms with van der Waals surface area (Å²) in [5.74, 6) is -1.98. The molecule has 0 aliphatic heterocycles. The molecule has 2 rings (SSSR count). The Morgan fingerprint density at radius 2 is 1.82 bits per heavy atom. The van der Waals surface area contributed by atoms with Gasteiger partial charge in [0.2, 0.25) is 0 Å². The van der Waals surface area contributed by atoms with E-state index in [2.05, 4.69) is 0 Å². The van der Waals surface area contributed by atoms with Crippen molar-refractivity contribution < 1.29 is 13.9 Å². The predicted octanol–water partition coefficient (Wildman–Crippen LogP) is 4.41. The van der Waals surface area contributed by atoms with Crippen LogP contribution in [0.4, 0.5) is 8.78 Å². The fourth-order valence-corrected chi connectivity index (χ4v) is 2.92. The molecule has 1 atom stereocenters. The third kappa shape index (κ3) is 2.60. The Bertz CT molecular complexity index is 556. The van der Waals surface area contributed by atoms with E-state index in [9.17, 15) is 13.9 Å². The number of rotatable bonds is 2. The van der Waals surface area contributed by atoms with Crippen LogP contribution in [0.15, 0.2) is 24.3 Å². The van der Waals surface area contributed by atoms with E-state index in [1.807, 2.05) is 0 Å². The van der Waals surface area contributed by atoms with Crippen molar-refractivity contribution in [1.82, 2.24) is 0 Å². The van der Waals surface area contributed by atoms with Gasteiger partial charge >= 0.3 is 0 Å². The second-order valence-corrected chi connectivity index (χ2v) is 5.64. The number of aliphatic hydroxyl groups is 1. The van der Waals surface area contributed by atoms with Gasteiger partial charge in [-0.25, -0.2) is 8.78 Å².